The summed E-state index contributed by atoms with van der Waals surface area (Å²) in [5.74, 6) is -0.0231. The second-order valence-electron chi connectivity index (χ2n) is 3.08. The fourth-order valence-electron chi connectivity index (χ4n) is 1.68. The number of hydrogen-bond acceptors (Lipinski definition) is 3. The second-order valence-corrected chi connectivity index (χ2v) is 3.08. The highest BCUT2D eigenvalue weighted by Gasteiger charge is 2.40. The summed E-state index contributed by atoms with van der Waals surface area (Å²) in [6.07, 6.45) is 2.15. The monoisotopic (exact) mass is 141 g/mol. The molecule has 0 radical (unpaired) electrons. The van der Waals surface area contributed by atoms with E-state index in [1.807, 2.05) is 7.05 Å². The summed E-state index contributed by atoms with van der Waals surface area (Å²) < 4.78 is 5.08. The molecule has 2 bridgehead atoms. The molecule has 0 saturated carbocycles. The smallest absolute Gasteiger partial charge is 0.323 e. The Hall–Kier alpha value is -0.570. The van der Waals surface area contributed by atoms with E-state index in [0.717, 1.165) is 19.4 Å². The molecule has 2 heterocycles. The summed E-state index contributed by atoms with van der Waals surface area (Å²) >= 11 is 0. The maximum atomic E-state index is 11.0. The summed E-state index contributed by atoms with van der Waals surface area (Å²) in [5, 5.41) is 0. The third kappa shape index (κ3) is 0.736. The molecule has 3 heteroatoms. The van der Waals surface area contributed by atoms with Gasteiger partial charge in [0.1, 0.15) is 12.1 Å². The van der Waals surface area contributed by atoms with Gasteiger partial charge in [-0.15, -0.1) is 0 Å². The number of fused-ring (bicyclic) bond motifs is 2. The zero-order valence-corrected chi connectivity index (χ0v) is 6.04. The molecule has 2 saturated heterocycles. The number of hydrogen-bond donors (Lipinski definition) is 0. The van der Waals surface area contributed by atoms with Gasteiger partial charge in [0.2, 0.25) is 0 Å². The maximum Gasteiger partial charge on any atom is 0.323 e. The van der Waals surface area contributed by atoms with Crippen LogP contribution in [0.2, 0.25) is 0 Å². The Labute approximate surface area is 60.0 Å². The highest BCUT2D eigenvalue weighted by atomic mass is 16.6. The molecule has 0 aromatic rings. The number of ether oxygens (including phenoxy) is 1. The Kier molecular flexibility index (Phi) is 1.20. The minimum atomic E-state index is -0.0231. The van der Waals surface area contributed by atoms with Crippen LogP contribution in [0.5, 0.6) is 0 Å². The first-order valence-corrected chi connectivity index (χ1v) is 3.68. The molecule has 0 N–H and O–H groups in total. The summed E-state index contributed by atoms with van der Waals surface area (Å²) in [7, 11) is 1.98. The van der Waals surface area contributed by atoms with Gasteiger partial charge in [0.15, 0.2) is 0 Å². The zero-order chi connectivity index (χ0) is 7.14. The maximum absolute atomic E-state index is 11.0. The number of piperidine rings is 1. The molecule has 2 aliphatic rings. The van der Waals surface area contributed by atoms with Crippen molar-refractivity contribution in [2.45, 2.75) is 25.0 Å². The van der Waals surface area contributed by atoms with E-state index in [1.54, 1.807) is 0 Å². The molecule has 2 rings (SSSR count). The molecule has 3 nitrogen and oxygen atoms in total. The molecule has 0 aromatic heterocycles. The van der Waals surface area contributed by atoms with Gasteiger partial charge in [-0.3, -0.25) is 9.69 Å². The fourth-order valence-corrected chi connectivity index (χ4v) is 1.68. The Morgan fingerprint density at radius 3 is 3.20 bits per heavy atom. The molecular formula is C7H11NO2. The molecular weight excluding hydrogens is 130 g/mol. The largest absolute Gasteiger partial charge is 0.461 e. The number of likely N-dealkylation sites (tertiary alicyclic amines) is 1. The molecule has 0 aliphatic carbocycles. The van der Waals surface area contributed by atoms with Crippen LogP contribution in [-0.2, 0) is 9.53 Å². The molecule has 2 aliphatic heterocycles. The van der Waals surface area contributed by atoms with Crippen molar-refractivity contribution in [2.75, 3.05) is 13.6 Å². The molecule has 2 fully saturated rings. The first kappa shape index (κ1) is 6.16. The summed E-state index contributed by atoms with van der Waals surface area (Å²) in [4.78, 5) is 13.1. The van der Waals surface area contributed by atoms with Crippen molar-refractivity contribution in [2.24, 2.45) is 0 Å². The van der Waals surface area contributed by atoms with Crippen LogP contribution in [-0.4, -0.2) is 36.6 Å². The predicted molar refractivity (Wildman–Crippen MR) is 35.5 cm³/mol. The van der Waals surface area contributed by atoms with Gasteiger partial charge in [-0.2, -0.15) is 0 Å². The van der Waals surface area contributed by atoms with E-state index in [-0.39, 0.29) is 18.1 Å². The highest BCUT2D eigenvalue weighted by Crippen LogP contribution is 2.26. The number of carbonyl (C=O) groups excluding carboxylic acids is 1. The molecule has 0 spiro atoms. The molecule has 2 unspecified atom stereocenters. The lowest BCUT2D eigenvalue weighted by atomic mass is 10.0. The minimum Gasteiger partial charge on any atom is -0.461 e. The fraction of sp³-hybridized carbons (Fsp3) is 0.857. The van der Waals surface area contributed by atoms with Gasteiger partial charge in [0, 0.05) is 13.0 Å². The molecule has 56 valence electrons. The Morgan fingerprint density at radius 2 is 2.50 bits per heavy atom. The Bertz CT molecular complexity index is 169. The van der Waals surface area contributed by atoms with Crippen molar-refractivity contribution in [3.05, 3.63) is 0 Å². The van der Waals surface area contributed by atoms with Crippen LogP contribution in [0.3, 0.4) is 0 Å². The van der Waals surface area contributed by atoms with Gasteiger partial charge in [-0.05, 0) is 13.5 Å². The summed E-state index contributed by atoms with van der Waals surface area (Å²) in [5.41, 5.74) is 0. The summed E-state index contributed by atoms with van der Waals surface area (Å²) in [6, 6.07) is 0.0683. The van der Waals surface area contributed by atoms with Gasteiger partial charge in [-0.1, -0.05) is 0 Å². The minimum absolute atomic E-state index is 0.0231. The van der Waals surface area contributed by atoms with Gasteiger partial charge in [0.05, 0.1) is 0 Å². The van der Waals surface area contributed by atoms with Crippen molar-refractivity contribution < 1.29 is 9.53 Å². The van der Waals surface area contributed by atoms with E-state index in [0.29, 0.717) is 0 Å². The van der Waals surface area contributed by atoms with Gasteiger partial charge < -0.3 is 4.74 Å². The first-order chi connectivity index (χ1) is 4.77. The van der Waals surface area contributed by atoms with Gasteiger partial charge in [-0.25, -0.2) is 0 Å². The predicted octanol–water partition coefficient (Wildman–Crippen LogP) is 0.00600. The van der Waals surface area contributed by atoms with Gasteiger partial charge in [0.25, 0.3) is 0 Å². The van der Waals surface area contributed by atoms with Crippen LogP contribution in [0.4, 0.5) is 0 Å². The van der Waals surface area contributed by atoms with Crippen LogP contribution in [0, 0.1) is 0 Å². The number of esters is 1. The molecule has 10 heavy (non-hydrogen) atoms. The topological polar surface area (TPSA) is 29.5 Å². The molecule has 0 aromatic carbocycles. The lowest BCUT2D eigenvalue weighted by Gasteiger charge is -2.24. The Balaban J connectivity index is 2.17. The third-order valence-electron chi connectivity index (χ3n) is 2.38. The van der Waals surface area contributed by atoms with Crippen LogP contribution in [0.15, 0.2) is 0 Å². The van der Waals surface area contributed by atoms with E-state index >= 15 is 0 Å². The van der Waals surface area contributed by atoms with E-state index in [1.165, 1.54) is 0 Å². The Morgan fingerprint density at radius 1 is 1.70 bits per heavy atom. The van der Waals surface area contributed by atoms with Gasteiger partial charge >= 0.3 is 5.97 Å². The van der Waals surface area contributed by atoms with Crippen molar-refractivity contribution in [1.29, 1.82) is 0 Å². The number of carbonyl (C=O) groups is 1. The lowest BCUT2D eigenvalue weighted by Crippen LogP contribution is -2.38. The highest BCUT2D eigenvalue weighted by molar-refractivity contribution is 5.78. The van der Waals surface area contributed by atoms with Crippen LogP contribution < -0.4 is 0 Å². The SMILES string of the molecule is CN1CCC2CC1C(=O)O2. The number of likely N-dealkylation sites (N-methyl/N-ethyl adjacent to an activating group) is 1. The first-order valence-electron chi connectivity index (χ1n) is 3.68. The number of nitrogens with zero attached hydrogens (tertiary/aromatic N) is 1. The number of rotatable bonds is 0. The summed E-state index contributed by atoms with van der Waals surface area (Å²) in [6.45, 7) is 1.00. The van der Waals surface area contributed by atoms with Crippen LogP contribution in [0.25, 0.3) is 0 Å². The average molecular weight is 141 g/mol. The normalized spacial score (nSPS) is 39.9. The van der Waals surface area contributed by atoms with E-state index < -0.39 is 0 Å². The van der Waals surface area contributed by atoms with E-state index in [2.05, 4.69) is 4.90 Å². The van der Waals surface area contributed by atoms with Crippen LogP contribution >= 0.6 is 0 Å². The van der Waals surface area contributed by atoms with Crippen LogP contribution in [0.1, 0.15) is 12.8 Å². The third-order valence-corrected chi connectivity index (χ3v) is 2.38. The zero-order valence-electron chi connectivity index (χ0n) is 6.04. The standard InChI is InChI=1S/C7H11NO2/c1-8-3-2-5-4-6(8)7(9)10-5/h5-6H,2-4H2,1H3. The van der Waals surface area contributed by atoms with Crippen molar-refractivity contribution >= 4 is 5.97 Å². The van der Waals surface area contributed by atoms with Crippen molar-refractivity contribution in [3.63, 3.8) is 0 Å². The van der Waals surface area contributed by atoms with E-state index in [4.69, 9.17) is 4.74 Å². The molecule has 2 atom stereocenters. The van der Waals surface area contributed by atoms with Crippen molar-refractivity contribution in [1.82, 2.24) is 4.90 Å². The average Bonchev–Trinajstić information content (AvgIpc) is 2.21. The quantitative estimate of drug-likeness (QED) is 0.445. The lowest BCUT2D eigenvalue weighted by molar-refractivity contribution is -0.143. The van der Waals surface area contributed by atoms with E-state index in [9.17, 15) is 4.79 Å². The van der Waals surface area contributed by atoms with Crippen molar-refractivity contribution in [3.8, 4) is 0 Å². The second kappa shape index (κ2) is 1.95. The molecule has 0 amide bonds.